The number of benzene rings is 3. The molecule has 1 unspecified atom stereocenters. The van der Waals surface area contributed by atoms with Crippen LogP contribution in [0.5, 0.6) is 11.5 Å². The van der Waals surface area contributed by atoms with Gasteiger partial charge in [0.2, 0.25) is 16.0 Å². The third-order valence-electron chi connectivity index (χ3n) is 5.24. The van der Waals surface area contributed by atoms with Crippen molar-refractivity contribution in [2.45, 2.75) is 29.8 Å². The second-order valence-electron chi connectivity index (χ2n) is 7.60. The molecule has 0 aliphatic rings. The molecule has 0 saturated heterocycles. The van der Waals surface area contributed by atoms with E-state index in [0.29, 0.717) is 38.6 Å². The number of nitrogens with one attached hydrogen (secondary N) is 1. The molecule has 0 amide bonds. The standard InChI is InChI=1S/C24H19ClFNO5S/c1-13-9-15(22(26)24(28)29)10-14(2)23(13)32-17-5-8-20-19(11-17)21(12-27-20)33(30,31)18-6-3-16(25)4-7-18/h3-12,22,27H,1-2H3,(H,28,29). The van der Waals surface area contributed by atoms with Crippen LogP contribution in [0, 0.1) is 13.8 Å². The number of carboxylic acids is 1. The van der Waals surface area contributed by atoms with Crippen molar-refractivity contribution in [2.24, 2.45) is 0 Å². The summed E-state index contributed by atoms with van der Waals surface area (Å²) in [6, 6.07) is 13.8. The maximum atomic E-state index is 13.9. The molecule has 1 atom stereocenters. The van der Waals surface area contributed by atoms with Crippen molar-refractivity contribution in [3.05, 3.63) is 82.5 Å². The molecule has 0 fully saturated rings. The number of hydrogen-bond acceptors (Lipinski definition) is 4. The fraction of sp³-hybridized carbons (Fsp3) is 0.125. The van der Waals surface area contributed by atoms with E-state index in [0.717, 1.165) is 0 Å². The van der Waals surface area contributed by atoms with Gasteiger partial charge in [-0.1, -0.05) is 11.6 Å². The third kappa shape index (κ3) is 4.31. The number of carbonyl (C=O) groups is 1. The zero-order valence-corrected chi connectivity index (χ0v) is 19.2. The number of carboxylic acid groups (broad SMARTS) is 1. The molecule has 4 aromatic rings. The van der Waals surface area contributed by atoms with Gasteiger partial charge in [-0.2, -0.15) is 0 Å². The van der Waals surface area contributed by atoms with Crippen LogP contribution < -0.4 is 4.74 Å². The van der Waals surface area contributed by atoms with Gasteiger partial charge in [0, 0.05) is 22.1 Å². The zero-order valence-electron chi connectivity index (χ0n) is 17.6. The first kappa shape index (κ1) is 22.8. The second kappa shape index (κ2) is 8.53. The molecule has 0 spiro atoms. The van der Waals surface area contributed by atoms with E-state index in [1.807, 2.05) is 0 Å². The smallest absolute Gasteiger partial charge is 0.343 e. The largest absolute Gasteiger partial charge is 0.479 e. The summed E-state index contributed by atoms with van der Waals surface area (Å²) in [7, 11) is -3.81. The summed E-state index contributed by atoms with van der Waals surface area (Å²) in [6.07, 6.45) is -0.704. The van der Waals surface area contributed by atoms with Crippen molar-refractivity contribution in [1.82, 2.24) is 4.98 Å². The molecular formula is C24H19ClFNO5S. The zero-order chi connectivity index (χ0) is 23.9. The van der Waals surface area contributed by atoms with Crippen LogP contribution in [0.1, 0.15) is 22.9 Å². The van der Waals surface area contributed by atoms with E-state index in [-0.39, 0.29) is 15.4 Å². The van der Waals surface area contributed by atoms with Gasteiger partial charge < -0.3 is 14.8 Å². The van der Waals surface area contributed by atoms with Gasteiger partial charge in [-0.3, -0.25) is 0 Å². The van der Waals surface area contributed by atoms with Crippen molar-refractivity contribution in [3.8, 4) is 11.5 Å². The van der Waals surface area contributed by atoms with Crippen LogP contribution in [0.2, 0.25) is 5.02 Å². The molecule has 1 heterocycles. The van der Waals surface area contributed by atoms with Crippen LogP contribution in [0.3, 0.4) is 0 Å². The molecule has 0 saturated carbocycles. The van der Waals surface area contributed by atoms with E-state index in [9.17, 15) is 17.6 Å². The van der Waals surface area contributed by atoms with E-state index in [4.69, 9.17) is 21.4 Å². The Morgan fingerprint density at radius 3 is 2.30 bits per heavy atom. The summed E-state index contributed by atoms with van der Waals surface area (Å²) >= 11 is 5.88. The normalized spacial score (nSPS) is 12.6. The van der Waals surface area contributed by atoms with Crippen LogP contribution in [-0.2, 0) is 14.6 Å². The van der Waals surface area contributed by atoms with Crippen molar-refractivity contribution < 1.29 is 27.4 Å². The number of aromatic amines is 1. The van der Waals surface area contributed by atoms with Crippen LogP contribution >= 0.6 is 11.6 Å². The van der Waals surface area contributed by atoms with Gasteiger partial charge in [0.1, 0.15) is 11.5 Å². The Balaban J connectivity index is 1.73. The van der Waals surface area contributed by atoms with Gasteiger partial charge >= 0.3 is 5.97 Å². The molecule has 0 radical (unpaired) electrons. The highest BCUT2D eigenvalue weighted by Gasteiger charge is 2.23. The highest BCUT2D eigenvalue weighted by molar-refractivity contribution is 7.91. The van der Waals surface area contributed by atoms with E-state index in [1.54, 1.807) is 32.0 Å². The van der Waals surface area contributed by atoms with Gasteiger partial charge in [0.25, 0.3) is 0 Å². The molecule has 1 aromatic heterocycles. The first-order valence-corrected chi connectivity index (χ1v) is 11.7. The van der Waals surface area contributed by atoms with Crippen LogP contribution in [0.4, 0.5) is 4.39 Å². The first-order chi connectivity index (χ1) is 15.6. The topological polar surface area (TPSA) is 96.5 Å². The van der Waals surface area contributed by atoms with Crippen LogP contribution in [0.25, 0.3) is 10.9 Å². The molecule has 0 bridgehead atoms. The number of aryl methyl sites for hydroxylation is 2. The number of hydrogen-bond donors (Lipinski definition) is 2. The number of fused-ring (bicyclic) bond motifs is 1. The van der Waals surface area contributed by atoms with Gasteiger partial charge in [0.15, 0.2) is 0 Å². The van der Waals surface area contributed by atoms with Gasteiger partial charge in [0.05, 0.1) is 9.79 Å². The van der Waals surface area contributed by atoms with E-state index >= 15 is 0 Å². The average Bonchev–Trinajstić information content (AvgIpc) is 3.20. The van der Waals surface area contributed by atoms with E-state index in [1.165, 1.54) is 42.6 Å². The number of aromatic nitrogens is 1. The highest BCUT2D eigenvalue weighted by Crippen LogP contribution is 2.36. The SMILES string of the molecule is Cc1cc(C(F)C(=O)O)cc(C)c1Oc1ccc2[nH]cc(S(=O)(=O)c3ccc(Cl)cc3)c2c1. The molecule has 0 aliphatic carbocycles. The summed E-state index contributed by atoms with van der Waals surface area (Å²) in [6.45, 7) is 3.37. The minimum atomic E-state index is -3.81. The van der Waals surface area contributed by atoms with Crippen LogP contribution in [-0.4, -0.2) is 24.5 Å². The molecule has 0 aliphatic heterocycles. The highest BCUT2D eigenvalue weighted by atomic mass is 35.5. The minimum Gasteiger partial charge on any atom is -0.479 e. The third-order valence-corrected chi connectivity index (χ3v) is 7.30. The predicted octanol–water partition coefficient (Wildman–Crippen LogP) is 6.16. The van der Waals surface area contributed by atoms with Gasteiger partial charge in [-0.15, -0.1) is 0 Å². The summed E-state index contributed by atoms with van der Waals surface area (Å²) in [5.74, 6) is -0.744. The lowest BCUT2D eigenvalue weighted by molar-refractivity contribution is -0.143. The second-order valence-corrected chi connectivity index (χ2v) is 9.96. The Labute approximate surface area is 194 Å². The maximum absolute atomic E-state index is 13.9. The molecule has 6 nitrogen and oxygen atoms in total. The van der Waals surface area contributed by atoms with Crippen molar-refractivity contribution >= 4 is 38.3 Å². The van der Waals surface area contributed by atoms with Crippen molar-refractivity contribution in [3.63, 3.8) is 0 Å². The Kier molecular flexibility index (Phi) is 5.90. The van der Waals surface area contributed by atoms with Crippen LogP contribution in [0.15, 0.2) is 70.6 Å². The molecular weight excluding hydrogens is 469 g/mol. The molecule has 9 heteroatoms. The number of aliphatic carboxylic acids is 1. The van der Waals surface area contributed by atoms with Gasteiger partial charge in [-0.05, 0) is 85.1 Å². The van der Waals surface area contributed by atoms with Crippen molar-refractivity contribution in [1.29, 1.82) is 0 Å². The lowest BCUT2D eigenvalue weighted by Gasteiger charge is -2.15. The summed E-state index contributed by atoms with van der Waals surface area (Å²) in [4.78, 5) is 14.1. The maximum Gasteiger partial charge on any atom is 0.343 e. The molecule has 4 rings (SSSR count). The molecule has 170 valence electrons. The number of ether oxygens (including phenoxy) is 1. The number of alkyl halides is 1. The Morgan fingerprint density at radius 2 is 1.70 bits per heavy atom. The Morgan fingerprint density at radius 1 is 1.06 bits per heavy atom. The quantitative estimate of drug-likeness (QED) is 0.339. The number of rotatable bonds is 6. The predicted molar refractivity (Wildman–Crippen MR) is 123 cm³/mol. The summed E-state index contributed by atoms with van der Waals surface area (Å²) in [5.41, 5.74) is 1.75. The van der Waals surface area contributed by atoms with Crippen molar-refractivity contribution in [2.75, 3.05) is 0 Å². The molecule has 2 N–H and O–H groups in total. The summed E-state index contributed by atoms with van der Waals surface area (Å²) < 4.78 is 46.3. The number of sulfone groups is 1. The van der Waals surface area contributed by atoms with E-state index < -0.39 is 22.0 Å². The Bertz CT molecular complexity index is 1460. The fourth-order valence-corrected chi connectivity index (χ4v) is 5.20. The number of halogens is 2. The lowest BCUT2D eigenvalue weighted by Crippen LogP contribution is -2.07. The van der Waals surface area contributed by atoms with E-state index in [2.05, 4.69) is 4.98 Å². The van der Waals surface area contributed by atoms with Gasteiger partial charge in [-0.25, -0.2) is 17.6 Å². The molecule has 33 heavy (non-hydrogen) atoms. The average molecular weight is 488 g/mol. The number of H-pyrrole nitrogens is 1. The fourth-order valence-electron chi connectivity index (χ4n) is 3.65. The first-order valence-electron chi connectivity index (χ1n) is 9.85. The summed E-state index contributed by atoms with van der Waals surface area (Å²) in [5, 5.41) is 9.81. The minimum absolute atomic E-state index is 0.0299. The lowest BCUT2D eigenvalue weighted by atomic mass is 10.0. The molecule has 3 aromatic carbocycles. The Hall–Kier alpha value is -3.36. The monoisotopic (exact) mass is 487 g/mol.